The van der Waals surface area contributed by atoms with E-state index in [1.165, 1.54) is 0 Å². The Hall–Kier alpha value is -3.63. The van der Waals surface area contributed by atoms with Crippen molar-refractivity contribution in [3.05, 3.63) is 53.6 Å². The summed E-state index contributed by atoms with van der Waals surface area (Å²) < 4.78 is 18.2. The number of nitrogens with one attached hydrogen (secondary N) is 1. The predicted octanol–water partition coefficient (Wildman–Crippen LogP) is 4.66. The summed E-state index contributed by atoms with van der Waals surface area (Å²) in [7, 11) is 1.58. The number of fused-ring (bicyclic) bond motifs is 4. The minimum Gasteiger partial charge on any atom is -0.508 e. The van der Waals surface area contributed by atoms with Crippen LogP contribution in [0.25, 0.3) is 0 Å². The lowest BCUT2D eigenvalue weighted by Crippen LogP contribution is -2.51. The maximum absolute atomic E-state index is 13.2. The Morgan fingerprint density at radius 1 is 1.13 bits per heavy atom. The molecule has 3 N–H and O–H groups in total. The fourth-order valence-electron chi connectivity index (χ4n) is 7.15. The Labute approximate surface area is 271 Å². The SMILES string of the molecule is CO[C@@H]1CC(=O)N2c3cc(O)cc4c3O[C@H](/C=C\C=C/C[C@H](OC(=O)[C@H](C)NC(=O)C3CCCCC3)[C@@H](C)[C@@H](O)/C(C)=C\CC4)[C@@H]12. The molecule has 3 heterocycles. The third kappa shape index (κ3) is 7.33. The lowest BCUT2D eigenvalue weighted by Gasteiger charge is -2.39. The smallest absolute Gasteiger partial charge is 0.328 e. The zero-order valence-electron chi connectivity index (χ0n) is 27.3. The van der Waals surface area contributed by atoms with E-state index >= 15 is 0 Å². The van der Waals surface area contributed by atoms with E-state index in [0.29, 0.717) is 30.7 Å². The predicted molar refractivity (Wildman–Crippen MR) is 173 cm³/mol. The molecule has 2 amide bonds. The van der Waals surface area contributed by atoms with Gasteiger partial charge in [-0.25, -0.2) is 4.79 Å². The number of rotatable bonds is 5. The Morgan fingerprint density at radius 3 is 2.63 bits per heavy atom. The molecular weight excluding hydrogens is 588 g/mol. The number of anilines is 1. The van der Waals surface area contributed by atoms with Crippen LogP contribution >= 0.6 is 0 Å². The molecule has 1 aliphatic carbocycles. The maximum Gasteiger partial charge on any atom is 0.328 e. The molecule has 3 aliphatic heterocycles. The van der Waals surface area contributed by atoms with Gasteiger partial charge in [0, 0.05) is 37.0 Å². The second kappa shape index (κ2) is 14.9. The number of carbonyl (C=O) groups is 3. The highest BCUT2D eigenvalue weighted by Crippen LogP contribution is 2.46. The molecule has 5 rings (SSSR count). The van der Waals surface area contributed by atoms with E-state index in [2.05, 4.69) is 5.32 Å². The van der Waals surface area contributed by atoms with Crippen molar-refractivity contribution in [2.45, 2.75) is 115 Å². The van der Waals surface area contributed by atoms with Gasteiger partial charge >= 0.3 is 5.97 Å². The van der Waals surface area contributed by atoms with Crippen molar-refractivity contribution in [2.24, 2.45) is 11.8 Å². The van der Waals surface area contributed by atoms with Gasteiger partial charge in [0.05, 0.1) is 24.3 Å². The second-order valence-electron chi connectivity index (χ2n) is 13.1. The molecule has 7 atom stereocenters. The number of aryl methyl sites for hydroxylation is 1. The van der Waals surface area contributed by atoms with Gasteiger partial charge < -0.3 is 29.7 Å². The Morgan fingerprint density at radius 2 is 1.89 bits per heavy atom. The minimum absolute atomic E-state index is 0.0410. The van der Waals surface area contributed by atoms with E-state index in [0.717, 1.165) is 43.2 Å². The highest BCUT2D eigenvalue weighted by atomic mass is 16.5. The molecule has 1 aromatic carbocycles. The van der Waals surface area contributed by atoms with Crippen molar-refractivity contribution in [1.29, 1.82) is 0 Å². The van der Waals surface area contributed by atoms with E-state index < -0.39 is 42.3 Å². The van der Waals surface area contributed by atoms with Gasteiger partial charge in [-0.1, -0.05) is 50.5 Å². The number of methoxy groups -OCH3 is 1. The molecule has 2 fully saturated rings. The third-order valence-corrected chi connectivity index (χ3v) is 9.91. The van der Waals surface area contributed by atoms with Crippen molar-refractivity contribution in [3.63, 3.8) is 0 Å². The van der Waals surface area contributed by atoms with Crippen LogP contribution in [0.15, 0.2) is 48.1 Å². The first kappa shape index (κ1) is 33.7. The molecule has 0 spiro atoms. The Kier molecular flexibility index (Phi) is 10.9. The summed E-state index contributed by atoms with van der Waals surface area (Å²) in [4.78, 5) is 40.8. The molecule has 0 radical (unpaired) electrons. The van der Waals surface area contributed by atoms with E-state index in [9.17, 15) is 24.6 Å². The minimum atomic E-state index is -0.880. The average molecular weight is 637 g/mol. The van der Waals surface area contributed by atoms with E-state index in [-0.39, 0.29) is 36.0 Å². The first-order valence-electron chi connectivity index (χ1n) is 16.6. The van der Waals surface area contributed by atoms with Crippen molar-refractivity contribution in [1.82, 2.24) is 5.32 Å². The maximum atomic E-state index is 13.2. The molecule has 1 saturated heterocycles. The van der Waals surface area contributed by atoms with Crippen LogP contribution in [0.1, 0.15) is 77.7 Å². The number of hydrogen-bond acceptors (Lipinski definition) is 8. The number of aromatic hydroxyl groups is 1. The number of benzene rings is 1. The fourth-order valence-corrected chi connectivity index (χ4v) is 7.15. The second-order valence-corrected chi connectivity index (χ2v) is 13.1. The third-order valence-electron chi connectivity index (χ3n) is 9.91. The highest BCUT2D eigenvalue weighted by Gasteiger charge is 2.49. The average Bonchev–Trinajstić information content (AvgIpc) is 3.39. The summed E-state index contributed by atoms with van der Waals surface area (Å²) in [5.41, 5.74) is 2.02. The number of aliphatic hydroxyl groups is 1. The standard InChI is InChI=1S/C36H48N2O8/c1-21-12-11-15-25-18-26(39)19-27-34(25)45-29(32-30(44-4)20-31(40)38(27)32)17-10-6-9-16-28(22(2)33(21)41)46-36(43)23(3)37-35(42)24-13-7-5-8-14-24/h6,9-10,12,17-19,22-24,28-30,32-33,39,41H,5,7-8,11,13-16,20H2,1-4H3,(H,37,42)/b9-6-,17-10-,21-12-/t22-,23+,28+,29-,30-,32+,33+/m1/s1. The molecule has 2 bridgehead atoms. The number of hydrogen-bond donors (Lipinski definition) is 3. The number of allylic oxidation sites excluding steroid dienone is 3. The molecule has 0 aromatic heterocycles. The van der Waals surface area contributed by atoms with E-state index in [4.69, 9.17) is 14.2 Å². The van der Waals surface area contributed by atoms with Gasteiger partial charge in [0.2, 0.25) is 11.8 Å². The van der Waals surface area contributed by atoms with Crippen LogP contribution in [0.5, 0.6) is 11.5 Å². The molecule has 1 saturated carbocycles. The lowest BCUT2D eigenvalue weighted by molar-refractivity contribution is -0.156. The molecule has 10 nitrogen and oxygen atoms in total. The van der Waals surface area contributed by atoms with Crippen LogP contribution in [0, 0.1) is 11.8 Å². The van der Waals surface area contributed by atoms with Crippen molar-refractivity contribution in [2.75, 3.05) is 12.0 Å². The van der Waals surface area contributed by atoms with E-state index in [1.54, 1.807) is 31.1 Å². The molecule has 0 unspecified atom stereocenters. The van der Waals surface area contributed by atoms with Gasteiger partial charge in [-0.3, -0.25) is 14.5 Å². The number of phenols is 1. The summed E-state index contributed by atoms with van der Waals surface area (Å²) in [6.45, 7) is 5.34. The summed E-state index contributed by atoms with van der Waals surface area (Å²) in [5, 5.41) is 24.8. The normalized spacial score (nSPS) is 31.9. The van der Waals surface area contributed by atoms with Gasteiger partial charge in [-0.15, -0.1) is 0 Å². The number of aliphatic hydroxyl groups excluding tert-OH is 1. The monoisotopic (exact) mass is 636 g/mol. The fraction of sp³-hybridized carbons (Fsp3) is 0.583. The zero-order valence-corrected chi connectivity index (χ0v) is 27.3. The van der Waals surface area contributed by atoms with Gasteiger partial charge in [0.25, 0.3) is 0 Å². The number of phenolic OH excluding ortho intramolecular Hbond substituents is 1. The first-order valence-corrected chi connectivity index (χ1v) is 16.6. The number of amides is 2. The van der Waals surface area contributed by atoms with E-state index in [1.807, 2.05) is 44.2 Å². The molecule has 10 heteroatoms. The lowest BCUT2D eigenvalue weighted by atomic mass is 9.88. The van der Waals surface area contributed by atoms with Gasteiger partial charge in [-0.05, 0) is 57.2 Å². The molecule has 250 valence electrons. The number of carbonyl (C=O) groups excluding carboxylic acids is 3. The molecule has 1 aromatic rings. The molecular formula is C36H48N2O8. The molecule has 46 heavy (non-hydrogen) atoms. The van der Waals surface area contributed by atoms with Crippen LogP contribution in [-0.2, 0) is 30.3 Å². The largest absolute Gasteiger partial charge is 0.508 e. The summed E-state index contributed by atoms with van der Waals surface area (Å²) >= 11 is 0. The van der Waals surface area contributed by atoms with Crippen LogP contribution in [0.2, 0.25) is 0 Å². The van der Waals surface area contributed by atoms with Crippen molar-refractivity contribution >= 4 is 23.5 Å². The van der Waals surface area contributed by atoms with Crippen molar-refractivity contribution in [3.8, 4) is 11.5 Å². The molecule has 4 aliphatic rings. The summed E-state index contributed by atoms with van der Waals surface area (Å²) in [6, 6.07) is 2.01. The summed E-state index contributed by atoms with van der Waals surface area (Å²) in [5.74, 6) is -0.638. The first-order chi connectivity index (χ1) is 22.1. The van der Waals surface area contributed by atoms with Crippen LogP contribution in [0.3, 0.4) is 0 Å². The highest BCUT2D eigenvalue weighted by molar-refractivity contribution is 5.99. The zero-order chi connectivity index (χ0) is 33.0. The van der Waals surface area contributed by atoms with Crippen LogP contribution in [-0.4, -0.2) is 71.6 Å². The van der Waals surface area contributed by atoms with Gasteiger partial charge in [-0.2, -0.15) is 0 Å². The Bertz CT molecular complexity index is 1380. The summed E-state index contributed by atoms with van der Waals surface area (Å²) in [6.07, 6.45) is 13.4. The quantitative estimate of drug-likeness (QED) is 0.314. The number of ether oxygens (including phenoxy) is 3. The topological polar surface area (TPSA) is 135 Å². The van der Waals surface area contributed by atoms with Crippen LogP contribution in [0.4, 0.5) is 5.69 Å². The van der Waals surface area contributed by atoms with Crippen LogP contribution < -0.4 is 15.0 Å². The number of nitrogens with zero attached hydrogens (tertiary/aromatic N) is 1. The number of esters is 1. The van der Waals surface area contributed by atoms with Gasteiger partial charge in [0.1, 0.15) is 35.8 Å². The van der Waals surface area contributed by atoms with Gasteiger partial charge in [0.15, 0.2) is 0 Å². The Balaban J connectivity index is 1.38. The van der Waals surface area contributed by atoms with Crippen molar-refractivity contribution < 1.29 is 38.8 Å².